The highest BCUT2D eigenvalue weighted by atomic mass is 35.5. The Balaban J connectivity index is 1.49. The predicted octanol–water partition coefficient (Wildman–Crippen LogP) is 4.64. The van der Waals surface area contributed by atoms with Crippen LogP contribution in [-0.4, -0.2) is 78.7 Å². The molecule has 0 aliphatic carbocycles. The summed E-state index contributed by atoms with van der Waals surface area (Å²) in [6.45, 7) is 9.00. The number of amides is 3. The lowest BCUT2D eigenvalue weighted by molar-refractivity contribution is 0.0840. The fraction of sp³-hybridized carbons (Fsp3) is 0.519. The normalized spacial score (nSPS) is 15.3. The highest BCUT2D eigenvalue weighted by Crippen LogP contribution is 2.21. The Morgan fingerprint density at radius 3 is 2.54 bits per heavy atom. The first kappa shape index (κ1) is 28.8. The van der Waals surface area contributed by atoms with E-state index in [1.807, 2.05) is 11.8 Å². The summed E-state index contributed by atoms with van der Waals surface area (Å²) in [5.74, 6) is -0.478. The van der Waals surface area contributed by atoms with Gasteiger partial charge in [-0.3, -0.25) is 4.79 Å². The molecule has 3 amide bonds. The first-order chi connectivity index (χ1) is 17.7. The molecule has 0 unspecified atom stereocenters. The number of aromatic nitrogens is 1. The Morgan fingerprint density at radius 1 is 1.24 bits per heavy atom. The average molecular weight is 534 g/mol. The Morgan fingerprint density at radius 2 is 1.92 bits per heavy atom. The summed E-state index contributed by atoms with van der Waals surface area (Å²) in [6, 6.07) is 7.62. The molecule has 0 saturated carbocycles. The first-order valence-corrected chi connectivity index (χ1v) is 13.1. The number of halogens is 2. The van der Waals surface area contributed by atoms with Crippen LogP contribution in [0.25, 0.3) is 0 Å². The third-order valence-electron chi connectivity index (χ3n) is 6.90. The van der Waals surface area contributed by atoms with Gasteiger partial charge in [-0.25, -0.2) is 14.2 Å². The lowest BCUT2D eigenvalue weighted by Gasteiger charge is -2.40. The molecule has 1 aromatic carbocycles. The second-order valence-corrected chi connectivity index (χ2v) is 9.89. The topological polar surface area (TPSA) is 86.8 Å². The number of carbonyl (C=O) groups is 2. The van der Waals surface area contributed by atoms with Gasteiger partial charge < -0.3 is 25.2 Å². The maximum absolute atomic E-state index is 13.2. The summed E-state index contributed by atoms with van der Waals surface area (Å²) in [6.07, 6.45) is 2.49. The highest BCUT2D eigenvalue weighted by Gasteiger charge is 2.29. The summed E-state index contributed by atoms with van der Waals surface area (Å²) < 4.78 is 18.4. The number of nitrogens with zero attached hydrogens (tertiary/aromatic N) is 3. The van der Waals surface area contributed by atoms with E-state index >= 15 is 0 Å². The SMILES string of the molecule is COCCN(C(=O)Nc1ccc(F)cc1)C1CCN([C@H](C)CCNC(=O)c2c(C)cc(Cl)nc2C)CC1. The van der Waals surface area contributed by atoms with Gasteiger partial charge in [0.25, 0.3) is 5.91 Å². The van der Waals surface area contributed by atoms with Gasteiger partial charge in [0, 0.05) is 51.1 Å². The fourth-order valence-electron chi connectivity index (χ4n) is 4.80. The number of carbonyl (C=O) groups excluding carboxylic acids is 2. The standard InChI is InChI=1S/C27H37ClFN5O3/c1-18-17-24(28)31-20(3)25(18)26(35)30-12-9-19(2)33-13-10-23(11-14-33)34(15-16-37-4)27(36)32-22-7-5-21(29)6-8-22/h5-8,17,19,23H,9-16H2,1-4H3,(H,30,35)(H,32,36)/t19-/m1/s1. The Labute approximate surface area is 223 Å². The maximum atomic E-state index is 13.2. The number of methoxy groups -OCH3 is 1. The van der Waals surface area contributed by atoms with Crippen molar-refractivity contribution in [3.63, 3.8) is 0 Å². The van der Waals surface area contributed by atoms with Gasteiger partial charge in [0.1, 0.15) is 11.0 Å². The van der Waals surface area contributed by atoms with Gasteiger partial charge in [-0.1, -0.05) is 11.6 Å². The summed E-state index contributed by atoms with van der Waals surface area (Å²) in [5, 5.41) is 6.27. The second kappa shape index (κ2) is 13.7. The van der Waals surface area contributed by atoms with Crippen molar-refractivity contribution in [3.8, 4) is 0 Å². The molecule has 2 heterocycles. The van der Waals surface area contributed by atoms with Crippen molar-refractivity contribution < 1.29 is 18.7 Å². The minimum atomic E-state index is -0.345. The van der Waals surface area contributed by atoms with E-state index in [4.69, 9.17) is 16.3 Å². The number of aryl methyl sites for hydroxylation is 2. The molecule has 1 aliphatic rings. The van der Waals surface area contributed by atoms with Crippen LogP contribution < -0.4 is 10.6 Å². The molecule has 10 heteroatoms. The van der Waals surface area contributed by atoms with Crippen LogP contribution in [0, 0.1) is 19.7 Å². The van der Waals surface area contributed by atoms with Crippen molar-refractivity contribution >= 4 is 29.2 Å². The maximum Gasteiger partial charge on any atom is 0.322 e. The van der Waals surface area contributed by atoms with Gasteiger partial charge in [0.15, 0.2) is 0 Å². The van der Waals surface area contributed by atoms with E-state index in [1.54, 1.807) is 32.2 Å². The molecule has 0 spiro atoms. The van der Waals surface area contributed by atoms with Crippen LogP contribution in [0.3, 0.4) is 0 Å². The van der Waals surface area contributed by atoms with E-state index in [0.717, 1.165) is 37.9 Å². The van der Waals surface area contributed by atoms with Crippen molar-refractivity contribution in [3.05, 3.63) is 58.1 Å². The summed E-state index contributed by atoms with van der Waals surface area (Å²) >= 11 is 5.98. The number of likely N-dealkylation sites (tertiary alicyclic amines) is 1. The molecular weight excluding hydrogens is 497 g/mol. The molecule has 2 N–H and O–H groups in total. The zero-order valence-electron chi connectivity index (χ0n) is 22.0. The minimum absolute atomic E-state index is 0.0853. The van der Waals surface area contributed by atoms with E-state index in [0.29, 0.717) is 41.8 Å². The third-order valence-corrected chi connectivity index (χ3v) is 7.09. The van der Waals surface area contributed by atoms with Crippen LogP contribution in [0.4, 0.5) is 14.9 Å². The molecule has 3 rings (SSSR count). The van der Waals surface area contributed by atoms with Crippen LogP contribution in [0.15, 0.2) is 30.3 Å². The summed E-state index contributed by atoms with van der Waals surface area (Å²) in [5.41, 5.74) is 2.57. The Kier molecular flexibility index (Phi) is 10.7. The zero-order chi connectivity index (χ0) is 26.9. The number of piperidine rings is 1. The van der Waals surface area contributed by atoms with Crippen LogP contribution >= 0.6 is 11.6 Å². The second-order valence-electron chi connectivity index (χ2n) is 9.51. The molecule has 8 nitrogen and oxygen atoms in total. The fourth-order valence-corrected chi connectivity index (χ4v) is 5.09. The molecule has 202 valence electrons. The molecular formula is C27H37ClFN5O3. The summed E-state index contributed by atoms with van der Waals surface area (Å²) in [7, 11) is 1.62. The summed E-state index contributed by atoms with van der Waals surface area (Å²) in [4.78, 5) is 34.1. The van der Waals surface area contributed by atoms with Crippen molar-refractivity contribution in [2.45, 2.75) is 52.1 Å². The molecule has 1 saturated heterocycles. The molecule has 1 atom stereocenters. The van der Waals surface area contributed by atoms with Gasteiger partial charge in [0.2, 0.25) is 0 Å². The van der Waals surface area contributed by atoms with E-state index < -0.39 is 0 Å². The van der Waals surface area contributed by atoms with E-state index in [1.165, 1.54) is 12.1 Å². The number of benzene rings is 1. The van der Waals surface area contributed by atoms with Crippen molar-refractivity contribution in [1.29, 1.82) is 0 Å². The number of anilines is 1. The van der Waals surface area contributed by atoms with Gasteiger partial charge in [-0.05, 0) is 75.9 Å². The molecule has 0 bridgehead atoms. The van der Waals surface area contributed by atoms with Crippen LogP contribution in [0.5, 0.6) is 0 Å². The van der Waals surface area contributed by atoms with Gasteiger partial charge >= 0.3 is 6.03 Å². The predicted molar refractivity (Wildman–Crippen MR) is 144 cm³/mol. The monoisotopic (exact) mass is 533 g/mol. The number of nitrogens with one attached hydrogen (secondary N) is 2. The number of ether oxygens (including phenoxy) is 1. The Hall–Kier alpha value is -2.75. The Bertz CT molecular complexity index is 1040. The van der Waals surface area contributed by atoms with Crippen molar-refractivity contribution in [2.24, 2.45) is 0 Å². The number of hydrogen-bond donors (Lipinski definition) is 2. The molecule has 1 aromatic heterocycles. The minimum Gasteiger partial charge on any atom is -0.383 e. The van der Waals surface area contributed by atoms with E-state index in [9.17, 15) is 14.0 Å². The molecule has 1 aliphatic heterocycles. The number of urea groups is 1. The smallest absolute Gasteiger partial charge is 0.322 e. The number of hydrogen-bond acceptors (Lipinski definition) is 5. The quantitative estimate of drug-likeness (QED) is 0.434. The molecule has 2 aromatic rings. The van der Waals surface area contributed by atoms with Crippen molar-refractivity contribution in [1.82, 2.24) is 20.1 Å². The zero-order valence-corrected chi connectivity index (χ0v) is 22.8. The number of pyridine rings is 1. The molecule has 0 radical (unpaired) electrons. The van der Waals surface area contributed by atoms with E-state index in [-0.39, 0.29) is 29.8 Å². The van der Waals surface area contributed by atoms with E-state index in [2.05, 4.69) is 27.4 Å². The lowest BCUT2D eigenvalue weighted by atomic mass is 10.0. The molecule has 1 fully saturated rings. The van der Waals surface area contributed by atoms with Gasteiger partial charge in [-0.15, -0.1) is 0 Å². The van der Waals surface area contributed by atoms with Gasteiger partial charge in [0.05, 0.1) is 17.9 Å². The van der Waals surface area contributed by atoms with Crippen molar-refractivity contribution in [2.75, 3.05) is 45.2 Å². The molecule has 37 heavy (non-hydrogen) atoms. The lowest BCUT2D eigenvalue weighted by Crippen LogP contribution is -2.51. The first-order valence-electron chi connectivity index (χ1n) is 12.7. The largest absolute Gasteiger partial charge is 0.383 e. The van der Waals surface area contributed by atoms with Gasteiger partial charge in [-0.2, -0.15) is 0 Å². The number of rotatable bonds is 10. The van der Waals surface area contributed by atoms with Crippen LogP contribution in [-0.2, 0) is 4.74 Å². The third kappa shape index (κ3) is 8.12. The van der Waals surface area contributed by atoms with Crippen LogP contribution in [0.2, 0.25) is 5.15 Å². The van der Waals surface area contributed by atoms with Crippen LogP contribution in [0.1, 0.15) is 47.8 Å². The highest BCUT2D eigenvalue weighted by molar-refractivity contribution is 6.29. The average Bonchev–Trinajstić information content (AvgIpc) is 2.85.